The van der Waals surface area contributed by atoms with E-state index in [1.54, 1.807) is 44.3 Å². The molecule has 8 heteroatoms. The zero-order chi connectivity index (χ0) is 21.5. The van der Waals surface area contributed by atoms with Crippen LogP contribution in [0.4, 0.5) is 14.6 Å². The summed E-state index contributed by atoms with van der Waals surface area (Å²) in [4.78, 5) is 39.9. The summed E-state index contributed by atoms with van der Waals surface area (Å²) >= 11 is 0. The molecule has 4 rings (SSSR count). The monoisotopic (exact) mass is 414 g/mol. The molecule has 0 radical (unpaired) electrons. The van der Waals surface area contributed by atoms with Crippen LogP contribution in [0.1, 0.15) is 54.1 Å². The third-order valence-corrected chi connectivity index (χ3v) is 6.06. The number of carbonyl (C=O) groups excluding carboxylic acids is 2. The summed E-state index contributed by atoms with van der Waals surface area (Å²) < 4.78 is 29.4. The fourth-order valence-corrected chi connectivity index (χ4v) is 4.88. The topological polar surface area (TPSA) is 76.1 Å². The van der Waals surface area contributed by atoms with E-state index in [2.05, 4.69) is 15.0 Å². The van der Waals surface area contributed by atoms with Crippen molar-refractivity contribution in [1.82, 2.24) is 15.0 Å². The lowest BCUT2D eigenvalue weighted by atomic mass is 9.66. The predicted molar refractivity (Wildman–Crippen MR) is 106 cm³/mol. The summed E-state index contributed by atoms with van der Waals surface area (Å²) in [5.74, 6) is -3.19. The Bertz CT molecular complexity index is 997. The van der Waals surface area contributed by atoms with Crippen molar-refractivity contribution in [2.75, 3.05) is 11.4 Å². The van der Waals surface area contributed by atoms with Crippen molar-refractivity contribution >= 4 is 17.5 Å². The maximum absolute atomic E-state index is 14.7. The van der Waals surface area contributed by atoms with Gasteiger partial charge in [-0.3, -0.25) is 19.5 Å². The van der Waals surface area contributed by atoms with E-state index in [0.717, 1.165) is 0 Å². The van der Waals surface area contributed by atoms with Gasteiger partial charge in [0.2, 0.25) is 11.8 Å². The molecule has 1 saturated carbocycles. The van der Waals surface area contributed by atoms with Gasteiger partial charge in [-0.2, -0.15) is 0 Å². The summed E-state index contributed by atoms with van der Waals surface area (Å²) in [6.45, 7) is 3.84. The summed E-state index contributed by atoms with van der Waals surface area (Å²) in [7, 11) is 0. The number of aryl methyl sites for hydroxylation is 2. The van der Waals surface area contributed by atoms with E-state index in [1.165, 1.54) is 4.90 Å². The highest BCUT2D eigenvalue weighted by molar-refractivity contribution is 5.99. The van der Waals surface area contributed by atoms with Crippen molar-refractivity contribution in [3.8, 4) is 0 Å². The van der Waals surface area contributed by atoms with Crippen LogP contribution in [0.2, 0.25) is 0 Å². The fraction of sp³-hybridized carbons (Fsp3) is 0.500. The molecule has 2 aromatic heterocycles. The Kier molecular flexibility index (Phi) is 5.11. The Morgan fingerprint density at radius 3 is 2.73 bits per heavy atom. The van der Waals surface area contributed by atoms with Crippen LogP contribution in [0.15, 0.2) is 30.5 Å². The van der Waals surface area contributed by atoms with Crippen LogP contribution in [0.3, 0.4) is 0 Å². The van der Waals surface area contributed by atoms with Gasteiger partial charge in [0.1, 0.15) is 17.3 Å². The van der Waals surface area contributed by atoms with Crippen LogP contribution in [0.25, 0.3) is 0 Å². The number of rotatable bonds is 4. The molecular formula is C22H24F2N4O2. The summed E-state index contributed by atoms with van der Waals surface area (Å²) in [6, 6.07) is 6.73. The van der Waals surface area contributed by atoms with Gasteiger partial charge in [-0.05, 0) is 50.8 Å². The predicted octanol–water partition coefficient (Wildman–Crippen LogP) is 3.92. The third-order valence-electron chi connectivity index (χ3n) is 6.06. The number of ketones is 1. The first-order valence-electron chi connectivity index (χ1n) is 10.1. The molecule has 158 valence electrons. The van der Waals surface area contributed by atoms with E-state index in [4.69, 9.17) is 0 Å². The van der Waals surface area contributed by atoms with E-state index in [1.807, 2.05) is 0 Å². The average Bonchev–Trinajstić information content (AvgIpc) is 2.95. The number of Topliss-reactive ketones (excluding diaryl/α,β-unsaturated/α-hetero) is 1. The van der Waals surface area contributed by atoms with Crippen molar-refractivity contribution < 1.29 is 18.4 Å². The van der Waals surface area contributed by atoms with E-state index >= 15 is 0 Å². The number of anilines is 1. The van der Waals surface area contributed by atoms with Gasteiger partial charge >= 0.3 is 0 Å². The Labute approximate surface area is 173 Å². The number of halogens is 2. The van der Waals surface area contributed by atoms with Crippen LogP contribution in [-0.2, 0) is 4.79 Å². The number of hydrogen-bond donors (Lipinski definition) is 0. The zero-order valence-electron chi connectivity index (χ0n) is 17.1. The largest absolute Gasteiger partial charge is 0.296 e. The van der Waals surface area contributed by atoms with Crippen molar-refractivity contribution in [2.45, 2.75) is 51.9 Å². The molecule has 2 aliphatic rings. The molecule has 2 fully saturated rings. The standard InChI is InChI=1S/C22H24F2N4O2/c1-14-4-3-5-17(26-14)18(29)10-16-11-21(13-22(23,24)12-16)7-9-28(20(21)30)19-6-8-25-15(2)27-19/h3-6,8,16H,7,9-13H2,1-2H3/t16-,21+/m0/s1. The average molecular weight is 414 g/mol. The first-order valence-corrected chi connectivity index (χ1v) is 10.1. The SMILES string of the molecule is Cc1cccc(C(=O)C[C@@H]2CC(F)(F)C[C@@]3(CCN(c4ccnc(C)n4)C3=O)C2)n1. The van der Waals surface area contributed by atoms with Gasteiger partial charge in [-0.15, -0.1) is 0 Å². The minimum Gasteiger partial charge on any atom is -0.296 e. The summed E-state index contributed by atoms with van der Waals surface area (Å²) in [5.41, 5.74) is -0.173. The molecule has 0 unspecified atom stereocenters. The van der Waals surface area contributed by atoms with Crippen LogP contribution < -0.4 is 4.90 Å². The number of alkyl halides is 2. The number of carbonyl (C=O) groups is 2. The van der Waals surface area contributed by atoms with Crippen molar-refractivity contribution in [1.29, 1.82) is 0 Å². The molecule has 6 nitrogen and oxygen atoms in total. The van der Waals surface area contributed by atoms with Crippen molar-refractivity contribution in [3.05, 3.63) is 47.7 Å². The van der Waals surface area contributed by atoms with Gasteiger partial charge < -0.3 is 0 Å². The molecule has 0 aromatic carbocycles. The Balaban J connectivity index is 1.55. The van der Waals surface area contributed by atoms with E-state index in [9.17, 15) is 18.4 Å². The maximum atomic E-state index is 14.7. The quantitative estimate of drug-likeness (QED) is 0.709. The van der Waals surface area contributed by atoms with E-state index in [-0.39, 0.29) is 36.6 Å². The van der Waals surface area contributed by atoms with Gasteiger partial charge in [0, 0.05) is 37.7 Å². The third kappa shape index (κ3) is 3.95. The van der Waals surface area contributed by atoms with Crippen LogP contribution >= 0.6 is 0 Å². The van der Waals surface area contributed by atoms with Crippen LogP contribution in [0.5, 0.6) is 0 Å². The van der Waals surface area contributed by atoms with Crippen molar-refractivity contribution in [3.63, 3.8) is 0 Å². The smallest absolute Gasteiger partial charge is 0.249 e. The lowest BCUT2D eigenvalue weighted by Crippen LogP contribution is -2.45. The van der Waals surface area contributed by atoms with Gasteiger partial charge in [-0.1, -0.05) is 6.07 Å². The molecule has 1 aliphatic carbocycles. The molecule has 3 heterocycles. The lowest BCUT2D eigenvalue weighted by molar-refractivity contribution is -0.143. The lowest BCUT2D eigenvalue weighted by Gasteiger charge is -2.40. The minimum atomic E-state index is -2.99. The molecular weight excluding hydrogens is 390 g/mol. The zero-order valence-corrected chi connectivity index (χ0v) is 17.1. The highest BCUT2D eigenvalue weighted by atomic mass is 19.3. The normalized spacial score (nSPS) is 25.7. The van der Waals surface area contributed by atoms with Crippen LogP contribution in [0, 0.1) is 25.2 Å². The minimum absolute atomic E-state index is 0.0340. The highest BCUT2D eigenvalue weighted by Gasteiger charge is 2.57. The first kappa shape index (κ1) is 20.5. The number of hydrogen-bond acceptors (Lipinski definition) is 5. The summed E-state index contributed by atoms with van der Waals surface area (Å²) in [5, 5.41) is 0. The Hall–Kier alpha value is -2.77. The second-order valence-electron chi connectivity index (χ2n) is 8.55. The molecule has 1 aliphatic heterocycles. The number of pyridine rings is 1. The maximum Gasteiger partial charge on any atom is 0.249 e. The first-order chi connectivity index (χ1) is 14.2. The van der Waals surface area contributed by atoms with E-state index < -0.39 is 23.7 Å². The van der Waals surface area contributed by atoms with Gasteiger partial charge in [0.05, 0.1) is 5.41 Å². The number of amides is 1. The number of nitrogens with zero attached hydrogens (tertiary/aromatic N) is 4. The molecule has 1 spiro atoms. The van der Waals surface area contributed by atoms with Crippen molar-refractivity contribution in [2.24, 2.45) is 11.3 Å². The Morgan fingerprint density at radius 2 is 2.00 bits per heavy atom. The highest BCUT2D eigenvalue weighted by Crippen LogP contribution is 2.53. The molecule has 2 atom stereocenters. The molecule has 0 N–H and O–H groups in total. The number of aromatic nitrogens is 3. The Morgan fingerprint density at radius 1 is 1.20 bits per heavy atom. The molecule has 1 amide bonds. The fourth-order valence-electron chi connectivity index (χ4n) is 4.88. The van der Waals surface area contributed by atoms with Gasteiger partial charge in [-0.25, -0.2) is 18.7 Å². The van der Waals surface area contributed by atoms with E-state index in [0.29, 0.717) is 30.3 Å². The van der Waals surface area contributed by atoms with Gasteiger partial charge in [0.15, 0.2) is 5.78 Å². The molecule has 1 saturated heterocycles. The molecule has 30 heavy (non-hydrogen) atoms. The van der Waals surface area contributed by atoms with Crippen LogP contribution in [-0.4, -0.2) is 39.1 Å². The second-order valence-corrected chi connectivity index (χ2v) is 8.55. The van der Waals surface area contributed by atoms with Gasteiger partial charge in [0.25, 0.3) is 0 Å². The second kappa shape index (κ2) is 7.49. The summed E-state index contributed by atoms with van der Waals surface area (Å²) in [6.07, 6.45) is 1.27. The molecule has 2 aromatic rings. The molecule has 0 bridgehead atoms.